The smallest absolute Gasteiger partial charge is 0.224 e. The van der Waals surface area contributed by atoms with Gasteiger partial charge in [0.1, 0.15) is 17.3 Å². The standard InChI is InChI=1S/C25H24ClFN4O3/c1-14-18(8-10-25(32)29-16-5-9-21(27)20(26)11-16)15(2)31-24(28-14)13-22(30-31)19-7-6-17(33-3)12-23(19)34-4/h5-7,9,11-13H,8,10H2,1-4H3,(H,29,32). The first-order valence-corrected chi connectivity index (χ1v) is 11.0. The number of anilines is 1. The number of nitrogens with zero attached hydrogens (tertiary/aromatic N) is 3. The average molecular weight is 483 g/mol. The van der Waals surface area contributed by atoms with Gasteiger partial charge >= 0.3 is 0 Å². The summed E-state index contributed by atoms with van der Waals surface area (Å²) in [7, 11) is 3.21. The third kappa shape index (κ3) is 4.68. The summed E-state index contributed by atoms with van der Waals surface area (Å²) >= 11 is 5.79. The molecule has 2 heterocycles. The van der Waals surface area contributed by atoms with Crippen molar-refractivity contribution in [1.29, 1.82) is 0 Å². The predicted octanol–water partition coefficient (Wildman–Crippen LogP) is 5.39. The number of halogens is 2. The molecule has 0 aliphatic heterocycles. The molecule has 1 N–H and O–H groups in total. The van der Waals surface area contributed by atoms with Crippen LogP contribution >= 0.6 is 11.6 Å². The van der Waals surface area contributed by atoms with E-state index in [1.807, 2.05) is 38.1 Å². The van der Waals surface area contributed by atoms with Gasteiger partial charge in [0.05, 0.1) is 24.9 Å². The van der Waals surface area contributed by atoms with Gasteiger partial charge in [-0.25, -0.2) is 13.9 Å². The number of hydrogen-bond donors (Lipinski definition) is 1. The largest absolute Gasteiger partial charge is 0.497 e. The highest BCUT2D eigenvalue weighted by molar-refractivity contribution is 6.31. The predicted molar refractivity (Wildman–Crippen MR) is 129 cm³/mol. The van der Waals surface area contributed by atoms with Crippen molar-refractivity contribution in [1.82, 2.24) is 14.6 Å². The van der Waals surface area contributed by atoms with Gasteiger partial charge in [0.2, 0.25) is 5.91 Å². The Bertz CT molecular complexity index is 1390. The number of nitrogens with one attached hydrogen (secondary N) is 1. The van der Waals surface area contributed by atoms with E-state index in [9.17, 15) is 9.18 Å². The monoisotopic (exact) mass is 482 g/mol. The zero-order valence-corrected chi connectivity index (χ0v) is 20.0. The molecule has 0 bridgehead atoms. The van der Waals surface area contributed by atoms with Gasteiger partial charge in [-0.05, 0) is 56.2 Å². The summed E-state index contributed by atoms with van der Waals surface area (Å²) in [5, 5.41) is 7.45. The lowest BCUT2D eigenvalue weighted by molar-refractivity contribution is -0.116. The number of ether oxygens (including phenoxy) is 2. The van der Waals surface area contributed by atoms with E-state index in [4.69, 9.17) is 31.2 Å². The van der Waals surface area contributed by atoms with E-state index in [0.717, 1.165) is 28.2 Å². The van der Waals surface area contributed by atoms with E-state index in [-0.39, 0.29) is 17.4 Å². The van der Waals surface area contributed by atoms with Crippen LogP contribution in [-0.4, -0.2) is 34.7 Å². The lowest BCUT2D eigenvalue weighted by Gasteiger charge is -2.11. The van der Waals surface area contributed by atoms with Crippen LogP contribution in [0.15, 0.2) is 42.5 Å². The summed E-state index contributed by atoms with van der Waals surface area (Å²) < 4.78 is 25.9. The van der Waals surface area contributed by atoms with Crippen LogP contribution in [0.5, 0.6) is 11.5 Å². The van der Waals surface area contributed by atoms with Gasteiger partial charge in [-0.3, -0.25) is 4.79 Å². The summed E-state index contributed by atoms with van der Waals surface area (Å²) in [5.41, 5.74) is 5.37. The van der Waals surface area contributed by atoms with Crippen LogP contribution in [0.3, 0.4) is 0 Å². The Morgan fingerprint density at radius 3 is 2.62 bits per heavy atom. The van der Waals surface area contributed by atoms with Gasteiger partial charge in [0.15, 0.2) is 5.65 Å². The number of carbonyl (C=O) groups is 1. The number of methoxy groups -OCH3 is 2. The maximum atomic E-state index is 13.3. The third-order valence-corrected chi connectivity index (χ3v) is 5.94. The zero-order chi connectivity index (χ0) is 24.4. The van der Waals surface area contributed by atoms with Crippen LogP contribution in [0.4, 0.5) is 10.1 Å². The van der Waals surface area contributed by atoms with Crippen LogP contribution in [0.1, 0.15) is 23.4 Å². The minimum Gasteiger partial charge on any atom is -0.497 e. The van der Waals surface area contributed by atoms with Gasteiger partial charge in [-0.15, -0.1) is 0 Å². The van der Waals surface area contributed by atoms with Crippen molar-refractivity contribution in [2.75, 3.05) is 19.5 Å². The number of rotatable bonds is 7. The number of benzene rings is 2. The highest BCUT2D eigenvalue weighted by Crippen LogP contribution is 2.33. The van der Waals surface area contributed by atoms with Crippen LogP contribution in [0.2, 0.25) is 5.02 Å². The molecule has 0 aliphatic rings. The first-order chi connectivity index (χ1) is 16.3. The zero-order valence-electron chi connectivity index (χ0n) is 19.3. The average Bonchev–Trinajstić information content (AvgIpc) is 3.24. The molecule has 2 aromatic carbocycles. The topological polar surface area (TPSA) is 77.8 Å². The van der Waals surface area contributed by atoms with Crippen molar-refractivity contribution in [3.8, 4) is 22.8 Å². The first-order valence-electron chi connectivity index (χ1n) is 10.6. The van der Waals surface area contributed by atoms with Crippen LogP contribution < -0.4 is 14.8 Å². The molecule has 0 aliphatic carbocycles. The molecule has 0 atom stereocenters. The molecular formula is C25H24ClFN4O3. The number of fused-ring (bicyclic) bond motifs is 1. The van der Waals surface area contributed by atoms with E-state index in [1.165, 1.54) is 18.2 Å². The van der Waals surface area contributed by atoms with Gasteiger partial charge in [-0.2, -0.15) is 5.10 Å². The molecule has 2 aromatic heterocycles. The fourth-order valence-electron chi connectivity index (χ4n) is 3.87. The Labute approximate surface area is 201 Å². The molecule has 34 heavy (non-hydrogen) atoms. The number of aromatic nitrogens is 3. The molecule has 7 nitrogen and oxygen atoms in total. The Morgan fingerprint density at radius 1 is 1.12 bits per heavy atom. The van der Waals surface area contributed by atoms with E-state index < -0.39 is 5.82 Å². The quantitative estimate of drug-likeness (QED) is 0.382. The minimum absolute atomic E-state index is 0.0397. The molecule has 4 aromatic rings. The molecule has 0 saturated heterocycles. The summed E-state index contributed by atoms with van der Waals surface area (Å²) in [4.78, 5) is 17.2. The Balaban J connectivity index is 1.57. The fourth-order valence-corrected chi connectivity index (χ4v) is 4.05. The SMILES string of the molecule is COc1ccc(-c2cc3nc(C)c(CCC(=O)Nc4ccc(F)c(Cl)c4)c(C)n3n2)c(OC)c1. The number of aryl methyl sites for hydroxylation is 2. The Hall–Kier alpha value is -3.65. The van der Waals surface area contributed by atoms with Crippen LogP contribution in [0, 0.1) is 19.7 Å². The lowest BCUT2D eigenvalue weighted by atomic mass is 10.1. The Kier molecular flexibility index (Phi) is 6.70. The molecule has 0 radical (unpaired) electrons. The minimum atomic E-state index is -0.531. The van der Waals surface area contributed by atoms with Gasteiger partial charge in [0.25, 0.3) is 0 Å². The molecule has 0 spiro atoms. The van der Waals surface area contributed by atoms with Crippen LogP contribution in [-0.2, 0) is 11.2 Å². The molecule has 0 fully saturated rings. The third-order valence-electron chi connectivity index (χ3n) is 5.65. The molecule has 4 rings (SSSR count). The number of hydrogen-bond acceptors (Lipinski definition) is 5. The summed E-state index contributed by atoms with van der Waals surface area (Å²) in [5.74, 6) is 0.606. The maximum absolute atomic E-state index is 13.3. The van der Waals surface area contributed by atoms with E-state index >= 15 is 0 Å². The number of carbonyl (C=O) groups excluding carboxylic acids is 1. The normalized spacial score (nSPS) is 11.0. The lowest BCUT2D eigenvalue weighted by Crippen LogP contribution is -2.14. The molecular weight excluding hydrogens is 459 g/mol. The van der Waals surface area contributed by atoms with Crippen molar-refractivity contribution >= 4 is 28.8 Å². The van der Waals surface area contributed by atoms with Gasteiger partial charge in [-0.1, -0.05) is 11.6 Å². The molecule has 9 heteroatoms. The highest BCUT2D eigenvalue weighted by atomic mass is 35.5. The molecule has 0 saturated carbocycles. The second-order valence-corrected chi connectivity index (χ2v) is 8.21. The van der Waals surface area contributed by atoms with E-state index in [2.05, 4.69) is 5.32 Å². The van der Waals surface area contributed by atoms with Gasteiger partial charge < -0.3 is 14.8 Å². The molecule has 176 valence electrons. The Morgan fingerprint density at radius 2 is 1.91 bits per heavy atom. The molecule has 0 unspecified atom stereocenters. The van der Waals surface area contributed by atoms with Crippen molar-refractivity contribution in [3.05, 3.63) is 70.3 Å². The van der Waals surface area contributed by atoms with Gasteiger partial charge in [0, 0.05) is 41.2 Å². The second kappa shape index (κ2) is 9.69. The maximum Gasteiger partial charge on any atom is 0.224 e. The number of amides is 1. The summed E-state index contributed by atoms with van der Waals surface area (Å²) in [6.07, 6.45) is 0.701. The summed E-state index contributed by atoms with van der Waals surface area (Å²) in [6, 6.07) is 11.5. The second-order valence-electron chi connectivity index (χ2n) is 7.80. The van der Waals surface area contributed by atoms with E-state index in [1.54, 1.807) is 18.7 Å². The van der Waals surface area contributed by atoms with E-state index in [0.29, 0.717) is 29.3 Å². The summed E-state index contributed by atoms with van der Waals surface area (Å²) in [6.45, 7) is 3.87. The van der Waals surface area contributed by atoms with Crippen molar-refractivity contribution in [2.45, 2.75) is 26.7 Å². The molecule has 1 amide bonds. The van der Waals surface area contributed by atoms with Crippen molar-refractivity contribution < 1.29 is 18.7 Å². The van der Waals surface area contributed by atoms with Crippen LogP contribution in [0.25, 0.3) is 16.9 Å². The first kappa shape index (κ1) is 23.5. The van der Waals surface area contributed by atoms with Crippen molar-refractivity contribution in [2.24, 2.45) is 0 Å². The fraction of sp³-hybridized carbons (Fsp3) is 0.240. The highest BCUT2D eigenvalue weighted by Gasteiger charge is 2.17. The van der Waals surface area contributed by atoms with Crippen molar-refractivity contribution in [3.63, 3.8) is 0 Å².